The smallest absolute Gasteiger partial charge is 0.225 e. The van der Waals surface area contributed by atoms with Crippen molar-refractivity contribution in [2.75, 3.05) is 18.4 Å². The Kier molecular flexibility index (Phi) is 6.44. The normalized spacial score (nSPS) is 10.5. The summed E-state index contributed by atoms with van der Waals surface area (Å²) < 4.78 is 0. The Labute approximate surface area is 136 Å². The maximum Gasteiger partial charge on any atom is 0.225 e. The van der Waals surface area contributed by atoms with Crippen LogP contribution in [0.1, 0.15) is 17.5 Å². The Morgan fingerprint density at radius 1 is 1.09 bits per heavy atom. The zero-order valence-corrected chi connectivity index (χ0v) is 13.5. The van der Waals surface area contributed by atoms with E-state index in [1.54, 1.807) is 6.07 Å². The van der Waals surface area contributed by atoms with Crippen LogP contribution in [0.3, 0.4) is 0 Å². The quantitative estimate of drug-likeness (QED) is 0.763. The number of nitrogens with one attached hydrogen (secondary N) is 2. The fourth-order valence-electron chi connectivity index (χ4n) is 2.10. The first kappa shape index (κ1) is 16.5. The Hall–Kier alpha value is -1.84. The largest absolute Gasteiger partial charge is 0.326 e. The van der Waals surface area contributed by atoms with Crippen LogP contribution in [0.4, 0.5) is 5.69 Å². The third-order valence-electron chi connectivity index (χ3n) is 3.42. The van der Waals surface area contributed by atoms with E-state index < -0.39 is 0 Å². The number of amides is 1. The average molecular weight is 317 g/mol. The van der Waals surface area contributed by atoms with Gasteiger partial charge in [0.2, 0.25) is 5.91 Å². The van der Waals surface area contributed by atoms with Crippen molar-refractivity contribution in [3.8, 4) is 0 Å². The summed E-state index contributed by atoms with van der Waals surface area (Å²) in [5.74, 6) is -0.00729. The van der Waals surface area contributed by atoms with E-state index in [1.165, 1.54) is 5.56 Å². The second kappa shape index (κ2) is 8.57. The van der Waals surface area contributed by atoms with Gasteiger partial charge in [-0.1, -0.05) is 48.0 Å². The van der Waals surface area contributed by atoms with Crippen LogP contribution in [-0.4, -0.2) is 19.0 Å². The second-order valence-corrected chi connectivity index (χ2v) is 5.65. The summed E-state index contributed by atoms with van der Waals surface area (Å²) in [6.07, 6.45) is 1.41. The van der Waals surface area contributed by atoms with Gasteiger partial charge < -0.3 is 10.6 Å². The van der Waals surface area contributed by atoms with Gasteiger partial charge in [0.1, 0.15) is 0 Å². The van der Waals surface area contributed by atoms with Gasteiger partial charge in [-0.25, -0.2) is 0 Å². The number of hydrogen-bond donors (Lipinski definition) is 2. The number of anilines is 1. The third kappa shape index (κ3) is 5.51. The molecule has 2 aromatic carbocycles. The zero-order chi connectivity index (χ0) is 15.8. The van der Waals surface area contributed by atoms with Crippen LogP contribution < -0.4 is 10.6 Å². The van der Waals surface area contributed by atoms with E-state index in [9.17, 15) is 4.79 Å². The Morgan fingerprint density at radius 2 is 1.86 bits per heavy atom. The fourth-order valence-corrected chi connectivity index (χ4v) is 2.28. The topological polar surface area (TPSA) is 41.1 Å². The molecule has 0 aromatic heterocycles. The summed E-state index contributed by atoms with van der Waals surface area (Å²) in [6.45, 7) is 3.47. The van der Waals surface area contributed by atoms with E-state index in [0.717, 1.165) is 24.2 Å². The molecule has 116 valence electrons. The van der Waals surface area contributed by atoms with Crippen molar-refractivity contribution in [3.63, 3.8) is 0 Å². The van der Waals surface area contributed by atoms with Crippen LogP contribution in [0.2, 0.25) is 5.02 Å². The number of carbonyl (C=O) groups excluding carboxylic acids is 1. The van der Waals surface area contributed by atoms with Gasteiger partial charge in [0.05, 0.1) is 0 Å². The first-order chi connectivity index (χ1) is 10.6. The van der Waals surface area contributed by atoms with Gasteiger partial charge in [-0.05, 0) is 43.1 Å². The monoisotopic (exact) mass is 316 g/mol. The highest BCUT2D eigenvalue weighted by Crippen LogP contribution is 2.19. The van der Waals surface area contributed by atoms with Crippen molar-refractivity contribution >= 4 is 23.2 Å². The Balaban J connectivity index is 1.64. The average Bonchev–Trinajstić information content (AvgIpc) is 2.52. The molecule has 0 aliphatic carbocycles. The van der Waals surface area contributed by atoms with Gasteiger partial charge in [-0.15, -0.1) is 0 Å². The van der Waals surface area contributed by atoms with Crippen LogP contribution in [0.25, 0.3) is 0 Å². The van der Waals surface area contributed by atoms with Gasteiger partial charge in [-0.2, -0.15) is 0 Å². The molecule has 0 radical (unpaired) electrons. The summed E-state index contributed by atoms with van der Waals surface area (Å²) in [5.41, 5.74) is 3.04. The number of halogens is 1. The number of aryl methyl sites for hydroxylation is 1. The molecule has 2 aromatic rings. The third-order valence-corrected chi connectivity index (χ3v) is 3.82. The molecule has 0 aliphatic heterocycles. The van der Waals surface area contributed by atoms with Crippen LogP contribution in [-0.2, 0) is 11.2 Å². The second-order valence-electron chi connectivity index (χ2n) is 5.25. The lowest BCUT2D eigenvalue weighted by molar-refractivity contribution is -0.116. The molecule has 0 spiro atoms. The van der Waals surface area contributed by atoms with Gasteiger partial charge in [0, 0.05) is 23.7 Å². The Bertz CT molecular complexity index is 614. The molecule has 0 aliphatic rings. The molecule has 0 atom stereocenters. The first-order valence-corrected chi connectivity index (χ1v) is 7.83. The summed E-state index contributed by atoms with van der Waals surface area (Å²) in [6, 6.07) is 15.8. The van der Waals surface area contributed by atoms with Gasteiger partial charge in [0.25, 0.3) is 0 Å². The molecule has 2 N–H and O–H groups in total. The summed E-state index contributed by atoms with van der Waals surface area (Å²) in [4.78, 5) is 11.8. The van der Waals surface area contributed by atoms with E-state index in [4.69, 9.17) is 11.6 Å². The molecule has 0 bridgehead atoms. The highest BCUT2D eigenvalue weighted by atomic mass is 35.5. The molecule has 0 saturated heterocycles. The highest BCUT2D eigenvalue weighted by molar-refractivity contribution is 6.31. The number of benzene rings is 2. The minimum atomic E-state index is -0.00729. The van der Waals surface area contributed by atoms with Gasteiger partial charge in [-0.3, -0.25) is 4.79 Å². The van der Waals surface area contributed by atoms with Crippen LogP contribution in [0.5, 0.6) is 0 Å². The molecule has 4 heteroatoms. The molecule has 0 saturated carbocycles. The predicted octanol–water partition coefficient (Wildman–Crippen LogP) is 3.81. The highest BCUT2D eigenvalue weighted by Gasteiger charge is 2.03. The molecule has 3 nitrogen and oxygen atoms in total. The minimum Gasteiger partial charge on any atom is -0.326 e. The van der Waals surface area contributed by atoms with Gasteiger partial charge >= 0.3 is 0 Å². The standard InChI is InChI=1S/C18H21ClN2O/c1-14-7-8-16(13-17(14)19)21-18(22)10-12-20-11-9-15-5-3-2-4-6-15/h2-8,13,20H,9-12H2,1H3,(H,21,22). The minimum absolute atomic E-state index is 0.00729. The molecular weight excluding hydrogens is 296 g/mol. The van der Waals surface area contributed by atoms with Crippen molar-refractivity contribution in [2.24, 2.45) is 0 Å². The first-order valence-electron chi connectivity index (χ1n) is 7.46. The molecule has 2 rings (SSSR count). The van der Waals surface area contributed by atoms with Crippen LogP contribution in [0.15, 0.2) is 48.5 Å². The fraction of sp³-hybridized carbons (Fsp3) is 0.278. The predicted molar refractivity (Wildman–Crippen MR) is 92.5 cm³/mol. The number of rotatable bonds is 7. The molecule has 0 unspecified atom stereocenters. The molecule has 1 amide bonds. The van der Waals surface area contributed by atoms with E-state index >= 15 is 0 Å². The van der Waals surface area contributed by atoms with E-state index in [1.807, 2.05) is 37.3 Å². The maximum atomic E-state index is 11.8. The van der Waals surface area contributed by atoms with Crippen LogP contribution >= 0.6 is 11.6 Å². The van der Waals surface area contributed by atoms with Crippen LogP contribution in [0, 0.1) is 6.92 Å². The summed E-state index contributed by atoms with van der Waals surface area (Å²) >= 11 is 6.04. The van der Waals surface area contributed by atoms with E-state index in [0.29, 0.717) is 18.0 Å². The Morgan fingerprint density at radius 3 is 2.59 bits per heavy atom. The van der Waals surface area contributed by atoms with E-state index in [-0.39, 0.29) is 5.91 Å². The SMILES string of the molecule is Cc1ccc(NC(=O)CCNCCc2ccccc2)cc1Cl. The number of hydrogen-bond acceptors (Lipinski definition) is 2. The molecule has 22 heavy (non-hydrogen) atoms. The number of carbonyl (C=O) groups is 1. The van der Waals surface area contributed by atoms with Crippen molar-refractivity contribution in [1.82, 2.24) is 5.32 Å². The lowest BCUT2D eigenvalue weighted by Gasteiger charge is -2.08. The van der Waals surface area contributed by atoms with Crippen molar-refractivity contribution in [3.05, 3.63) is 64.7 Å². The summed E-state index contributed by atoms with van der Waals surface area (Å²) in [7, 11) is 0. The molecular formula is C18H21ClN2O. The van der Waals surface area contributed by atoms with Crippen molar-refractivity contribution < 1.29 is 4.79 Å². The molecule has 0 heterocycles. The zero-order valence-electron chi connectivity index (χ0n) is 12.7. The summed E-state index contributed by atoms with van der Waals surface area (Å²) in [5, 5.41) is 6.80. The van der Waals surface area contributed by atoms with Crippen molar-refractivity contribution in [2.45, 2.75) is 19.8 Å². The maximum absolute atomic E-state index is 11.8. The molecule has 0 fully saturated rings. The van der Waals surface area contributed by atoms with Crippen molar-refractivity contribution in [1.29, 1.82) is 0 Å². The lowest BCUT2D eigenvalue weighted by atomic mass is 10.1. The van der Waals surface area contributed by atoms with E-state index in [2.05, 4.69) is 22.8 Å². The lowest BCUT2D eigenvalue weighted by Crippen LogP contribution is -2.23. The van der Waals surface area contributed by atoms with Gasteiger partial charge in [0.15, 0.2) is 0 Å².